The summed E-state index contributed by atoms with van der Waals surface area (Å²) >= 11 is 0. The first-order chi connectivity index (χ1) is 15.0. The number of carbonyl (C=O) groups is 1. The second-order valence-corrected chi connectivity index (χ2v) is 7.51. The van der Waals surface area contributed by atoms with E-state index >= 15 is 0 Å². The number of amides is 1. The van der Waals surface area contributed by atoms with Gasteiger partial charge in [0, 0.05) is 37.2 Å². The van der Waals surface area contributed by atoms with Crippen LogP contribution < -0.4 is 20.3 Å². The fourth-order valence-electron chi connectivity index (χ4n) is 3.74. The lowest BCUT2D eigenvalue weighted by Gasteiger charge is -2.12. The lowest BCUT2D eigenvalue weighted by atomic mass is 10.0. The number of aromatic nitrogens is 3. The van der Waals surface area contributed by atoms with Crippen LogP contribution in [0.4, 0.5) is 23.0 Å². The summed E-state index contributed by atoms with van der Waals surface area (Å²) in [6.07, 6.45) is 3.57. The first kappa shape index (κ1) is 18.8. The maximum Gasteiger partial charge on any atom is 0.256 e. The fraction of sp³-hybridized carbons (Fsp3) is 0.130. The van der Waals surface area contributed by atoms with Crippen LogP contribution in [0.3, 0.4) is 0 Å². The van der Waals surface area contributed by atoms with Crippen molar-refractivity contribution in [1.82, 2.24) is 15.0 Å². The second kappa shape index (κ2) is 7.24. The summed E-state index contributed by atoms with van der Waals surface area (Å²) < 4.78 is 5.36. The van der Waals surface area contributed by atoms with Crippen molar-refractivity contribution in [1.29, 1.82) is 0 Å². The van der Waals surface area contributed by atoms with Crippen LogP contribution in [-0.4, -0.2) is 42.1 Å². The molecule has 0 aliphatic carbocycles. The molecule has 1 aliphatic rings. The average Bonchev–Trinajstić information content (AvgIpc) is 3.45. The van der Waals surface area contributed by atoms with Crippen molar-refractivity contribution in [2.75, 3.05) is 36.7 Å². The Labute approximate surface area is 178 Å². The van der Waals surface area contributed by atoms with Gasteiger partial charge in [-0.3, -0.25) is 4.79 Å². The summed E-state index contributed by atoms with van der Waals surface area (Å²) in [7, 11) is 5.61. The van der Waals surface area contributed by atoms with Gasteiger partial charge in [0.25, 0.3) is 5.91 Å². The molecule has 0 atom stereocenters. The summed E-state index contributed by atoms with van der Waals surface area (Å²) in [6.45, 7) is 0. The molecule has 0 saturated carbocycles. The summed E-state index contributed by atoms with van der Waals surface area (Å²) in [5.74, 6) is 1.11. The molecule has 1 aliphatic heterocycles. The number of nitrogens with zero attached hydrogens (tertiary/aromatic N) is 2. The summed E-state index contributed by atoms with van der Waals surface area (Å²) in [5, 5.41) is 6.23. The molecule has 1 amide bonds. The van der Waals surface area contributed by atoms with Gasteiger partial charge in [-0.2, -0.15) is 0 Å². The predicted molar refractivity (Wildman–Crippen MR) is 124 cm³/mol. The van der Waals surface area contributed by atoms with Gasteiger partial charge >= 0.3 is 0 Å². The van der Waals surface area contributed by atoms with Gasteiger partial charge in [0.15, 0.2) is 0 Å². The predicted octanol–water partition coefficient (Wildman–Crippen LogP) is 4.20. The molecule has 4 N–H and O–H groups in total. The zero-order valence-corrected chi connectivity index (χ0v) is 17.4. The number of ether oxygens (including phenoxy) is 1. The van der Waals surface area contributed by atoms with Crippen LogP contribution in [0.1, 0.15) is 11.3 Å². The van der Waals surface area contributed by atoms with Gasteiger partial charge < -0.3 is 30.2 Å². The molecule has 0 bridgehead atoms. The lowest BCUT2D eigenvalue weighted by Crippen LogP contribution is -2.08. The van der Waals surface area contributed by atoms with Crippen molar-refractivity contribution in [2.45, 2.75) is 0 Å². The molecule has 2 aromatic carbocycles. The smallest absolute Gasteiger partial charge is 0.256 e. The van der Waals surface area contributed by atoms with Crippen molar-refractivity contribution in [2.24, 2.45) is 0 Å². The van der Waals surface area contributed by atoms with Gasteiger partial charge in [-0.1, -0.05) is 0 Å². The van der Waals surface area contributed by atoms with E-state index in [2.05, 4.69) is 20.6 Å². The molecule has 0 saturated heterocycles. The minimum Gasteiger partial charge on any atom is -0.495 e. The third-order valence-electron chi connectivity index (χ3n) is 5.31. The van der Waals surface area contributed by atoms with E-state index in [0.717, 1.165) is 39.4 Å². The van der Waals surface area contributed by atoms with E-state index in [0.29, 0.717) is 17.3 Å². The molecule has 8 heteroatoms. The maximum absolute atomic E-state index is 12.7. The number of aromatic amines is 2. The molecular formula is C23H22N6O2. The monoisotopic (exact) mass is 414 g/mol. The van der Waals surface area contributed by atoms with Crippen molar-refractivity contribution in [3.05, 3.63) is 59.9 Å². The minimum absolute atomic E-state index is 0.170. The summed E-state index contributed by atoms with van der Waals surface area (Å²) in [4.78, 5) is 25.9. The molecule has 5 rings (SSSR count). The molecule has 0 fully saturated rings. The number of anilines is 4. The number of nitrogens with one attached hydrogen (secondary N) is 4. The largest absolute Gasteiger partial charge is 0.495 e. The van der Waals surface area contributed by atoms with Crippen LogP contribution in [0.2, 0.25) is 0 Å². The van der Waals surface area contributed by atoms with E-state index in [1.807, 2.05) is 61.5 Å². The van der Waals surface area contributed by atoms with Gasteiger partial charge in [0.05, 0.1) is 29.6 Å². The molecule has 4 aromatic rings. The Morgan fingerprint density at radius 2 is 1.90 bits per heavy atom. The van der Waals surface area contributed by atoms with E-state index in [4.69, 9.17) is 9.72 Å². The Morgan fingerprint density at radius 3 is 2.65 bits per heavy atom. The van der Waals surface area contributed by atoms with Crippen LogP contribution in [-0.2, 0) is 4.79 Å². The zero-order chi connectivity index (χ0) is 21.5. The van der Waals surface area contributed by atoms with E-state index in [9.17, 15) is 4.79 Å². The van der Waals surface area contributed by atoms with Crippen LogP contribution in [0.5, 0.6) is 5.75 Å². The van der Waals surface area contributed by atoms with Gasteiger partial charge in [0.1, 0.15) is 11.3 Å². The molecular weight excluding hydrogens is 392 g/mol. The van der Waals surface area contributed by atoms with Crippen molar-refractivity contribution < 1.29 is 9.53 Å². The minimum atomic E-state index is -0.170. The number of benzene rings is 2. The highest BCUT2D eigenvalue weighted by molar-refractivity contribution is 6.37. The molecule has 0 spiro atoms. The van der Waals surface area contributed by atoms with Crippen LogP contribution >= 0.6 is 0 Å². The summed E-state index contributed by atoms with van der Waals surface area (Å²) in [6, 6.07) is 13.7. The van der Waals surface area contributed by atoms with Gasteiger partial charge in [-0.15, -0.1) is 0 Å². The molecule has 3 heterocycles. The number of H-pyrrole nitrogens is 2. The Bertz CT molecular complexity index is 1310. The SMILES string of the molecule is COc1cc[nH]c1/C=C1\C(=O)Nc2ccc3[nH]c(Nc4ccc(N(C)C)cc4)nc3c21. The highest BCUT2D eigenvalue weighted by atomic mass is 16.5. The number of imidazole rings is 1. The van der Waals surface area contributed by atoms with Crippen LogP contribution in [0.25, 0.3) is 22.7 Å². The molecule has 8 nitrogen and oxygen atoms in total. The summed E-state index contributed by atoms with van der Waals surface area (Å²) in [5.41, 5.74) is 6.37. The fourth-order valence-corrected chi connectivity index (χ4v) is 3.74. The first-order valence-electron chi connectivity index (χ1n) is 9.85. The number of hydrogen-bond acceptors (Lipinski definition) is 5. The quantitative estimate of drug-likeness (QED) is 0.367. The molecule has 31 heavy (non-hydrogen) atoms. The normalized spacial score (nSPS) is 14.0. The highest BCUT2D eigenvalue weighted by Crippen LogP contribution is 2.39. The third kappa shape index (κ3) is 3.28. The van der Waals surface area contributed by atoms with Crippen molar-refractivity contribution in [3.63, 3.8) is 0 Å². The Balaban J connectivity index is 1.54. The number of hydrogen-bond donors (Lipinski definition) is 4. The van der Waals surface area contributed by atoms with E-state index in [1.165, 1.54) is 0 Å². The third-order valence-corrected chi connectivity index (χ3v) is 5.31. The number of rotatable bonds is 5. The molecule has 156 valence electrons. The Hall–Kier alpha value is -4.20. The zero-order valence-electron chi connectivity index (χ0n) is 17.4. The van der Waals surface area contributed by atoms with E-state index in [1.54, 1.807) is 19.4 Å². The topological polar surface area (TPSA) is 98.1 Å². The average molecular weight is 414 g/mol. The molecule has 0 unspecified atom stereocenters. The first-order valence-corrected chi connectivity index (χ1v) is 9.85. The second-order valence-electron chi connectivity index (χ2n) is 7.51. The molecule has 0 radical (unpaired) electrons. The van der Waals surface area contributed by atoms with Gasteiger partial charge in [-0.05, 0) is 48.5 Å². The number of fused-ring (bicyclic) bond motifs is 3. The Kier molecular flexibility index (Phi) is 4.39. The van der Waals surface area contributed by atoms with Crippen molar-refractivity contribution >= 4 is 51.6 Å². The maximum atomic E-state index is 12.7. The highest BCUT2D eigenvalue weighted by Gasteiger charge is 2.28. The Morgan fingerprint density at radius 1 is 1.10 bits per heavy atom. The van der Waals surface area contributed by atoms with Gasteiger partial charge in [-0.25, -0.2) is 4.98 Å². The number of carbonyl (C=O) groups excluding carboxylic acids is 1. The van der Waals surface area contributed by atoms with Gasteiger partial charge in [0.2, 0.25) is 5.95 Å². The van der Waals surface area contributed by atoms with E-state index in [-0.39, 0.29) is 5.91 Å². The standard InChI is InChI=1S/C23H22N6O2/c1-29(2)14-6-4-13(5-7-14)25-23-27-17-9-8-16-20(21(17)28-23)15(22(30)26-16)12-18-19(31-3)10-11-24-18/h4-12,24H,1-3H3,(H,26,30)(H2,25,27,28)/b15-12-. The molecule has 2 aromatic heterocycles. The van der Waals surface area contributed by atoms with Crippen LogP contribution in [0, 0.1) is 0 Å². The lowest BCUT2D eigenvalue weighted by molar-refractivity contribution is -0.110. The van der Waals surface area contributed by atoms with E-state index < -0.39 is 0 Å². The van der Waals surface area contributed by atoms with Crippen LogP contribution in [0.15, 0.2) is 48.7 Å². The number of methoxy groups -OCH3 is 1. The van der Waals surface area contributed by atoms with Crippen molar-refractivity contribution in [3.8, 4) is 5.75 Å².